The minimum absolute atomic E-state index is 0.239. The summed E-state index contributed by atoms with van der Waals surface area (Å²) in [4.78, 5) is 42.7. The molecule has 0 aromatic heterocycles. The fourth-order valence-corrected chi connectivity index (χ4v) is 3.76. The number of amides is 2. The highest BCUT2D eigenvalue weighted by Crippen LogP contribution is 2.25. The van der Waals surface area contributed by atoms with E-state index in [1.165, 1.54) is 15.9 Å². The van der Waals surface area contributed by atoms with Crippen molar-refractivity contribution >= 4 is 17.6 Å². The minimum atomic E-state index is -0.254. The summed E-state index contributed by atoms with van der Waals surface area (Å²) < 4.78 is 0. The summed E-state index contributed by atoms with van der Waals surface area (Å²) in [5.74, 6) is -0.429. The number of hydrogen-bond acceptors (Lipinski definition) is 3. The molecule has 5 nitrogen and oxygen atoms in total. The summed E-state index contributed by atoms with van der Waals surface area (Å²) in [6.07, 6.45) is 1.40. The van der Waals surface area contributed by atoms with Crippen molar-refractivity contribution in [2.45, 2.75) is 20.8 Å². The Hall–Kier alpha value is -3.99. The second kappa shape index (κ2) is 9.25. The Morgan fingerprint density at radius 1 is 0.576 bits per heavy atom. The first-order chi connectivity index (χ1) is 15.8. The van der Waals surface area contributed by atoms with Crippen molar-refractivity contribution in [3.63, 3.8) is 0 Å². The molecule has 3 aromatic rings. The first kappa shape index (κ1) is 22.2. The van der Waals surface area contributed by atoms with E-state index in [9.17, 15) is 14.4 Å². The van der Waals surface area contributed by atoms with Gasteiger partial charge in [-0.1, -0.05) is 65.2 Å². The molecule has 0 aliphatic carbocycles. The van der Waals surface area contributed by atoms with E-state index in [2.05, 4.69) is 0 Å². The molecule has 33 heavy (non-hydrogen) atoms. The second-order valence-corrected chi connectivity index (χ2v) is 8.38. The normalized spacial score (nSPS) is 13.2. The largest absolute Gasteiger partial charge is 0.292 e. The summed E-state index contributed by atoms with van der Waals surface area (Å²) in [6.45, 7) is 6.50. The Morgan fingerprint density at radius 2 is 0.909 bits per heavy atom. The molecule has 0 atom stereocenters. The molecule has 3 aromatic carbocycles. The molecule has 0 unspecified atom stereocenters. The van der Waals surface area contributed by atoms with E-state index >= 15 is 0 Å². The first-order valence-corrected chi connectivity index (χ1v) is 10.9. The molecule has 1 fully saturated rings. The van der Waals surface area contributed by atoms with Crippen molar-refractivity contribution in [1.29, 1.82) is 0 Å². The van der Waals surface area contributed by atoms with Gasteiger partial charge in [-0.25, -0.2) is 0 Å². The summed E-state index contributed by atoms with van der Waals surface area (Å²) in [5.41, 5.74) is 4.68. The molecule has 1 aliphatic rings. The lowest BCUT2D eigenvalue weighted by atomic mass is 10.1. The molecule has 5 heteroatoms. The van der Waals surface area contributed by atoms with Crippen LogP contribution in [0.2, 0.25) is 0 Å². The van der Waals surface area contributed by atoms with Gasteiger partial charge in [0.15, 0.2) is 5.78 Å². The number of allylic oxidation sites excluding steroid dienone is 1. The average molecular weight is 439 g/mol. The highest BCUT2D eigenvalue weighted by atomic mass is 16.2. The van der Waals surface area contributed by atoms with Gasteiger partial charge in [-0.3, -0.25) is 24.2 Å². The van der Waals surface area contributed by atoms with Crippen molar-refractivity contribution in [3.8, 4) is 0 Å². The highest BCUT2D eigenvalue weighted by Gasteiger charge is 2.35. The zero-order chi connectivity index (χ0) is 23.5. The standard InChI is InChI=1S/C28H26N2O3/c1-19-4-10-22(11-5-19)25(31)18-26-29(27(32)23-12-6-20(2)7-13-23)16-17-30(26)28(33)24-14-8-21(3)9-15-24/h4-15,18H,16-17H2,1-3H3. The third-order valence-corrected chi connectivity index (χ3v) is 5.78. The molecule has 0 saturated carbocycles. The summed E-state index contributed by atoms with van der Waals surface area (Å²) in [5, 5.41) is 0. The van der Waals surface area contributed by atoms with E-state index in [4.69, 9.17) is 0 Å². The quantitative estimate of drug-likeness (QED) is 0.429. The molecule has 0 bridgehead atoms. The molecule has 0 spiro atoms. The maximum absolute atomic E-state index is 13.3. The van der Waals surface area contributed by atoms with Crippen LogP contribution >= 0.6 is 0 Å². The van der Waals surface area contributed by atoms with Gasteiger partial charge < -0.3 is 0 Å². The van der Waals surface area contributed by atoms with Crippen molar-refractivity contribution in [2.24, 2.45) is 0 Å². The number of carbonyl (C=O) groups excluding carboxylic acids is 3. The van der Waals surface area contributed by atoms with Crippen LogP contribution in [0.5, 0.6) is 0 Å². The zero-order valence-electron chi connectivity index (χ0n) is 19.0. The van der Waals surface area contributed by atoms with Gasteiger partial charge in [0, 0.05) is 35.9 Å². The topological polar surface area (TPSA) is 57.7 Å². The van der Waals surface area contributed by atoms with Crippen LogP contribution in [0.25, 0.3) is 0 Å². The lowest BCUT2D eigenvalue weighted by Crippen LogP contribution is -2.32. The van der Waals surface area contributed by atoms with Gasteiger partial charge in [-0.2, -0.15) is 0 Å². The third-order valence-electron chi connectivity index (χ3n) is 5.78. The minimum Gasteiger partial charge on any atom is -0.292 e. The Kier molecular flexibility index (Phi) is 6.22. The first-order valence-electron chi connectivity index (χ1n) is 10.9. The average Bonchev–Trinajstić information content (AvgIpc) is 3.23. The molecule has 0 N–H and O–H groups in total. The monoisotopic (exact) mass is 438 g/mol. The van der Waals surface area contributed by atoms with E-state index in [1.807, 2.05) is 57.2 Å². The predicted molar refractivity (Wildman–Crippen MR) is 128 cm³/mol. The van der Waals surface area contributed by atoms with Crippen molar-refractivity contribution < 1.29 is 14.4 Å². The second-order valence-electron chi connectivity index (χ2n) is 8.38. The zero-order valence-corrected chi connectivity index (χ0v) is 19.0. The van der Waals surface area contributed by atoms with Gasteiger partial charge in [0.05, 0.1) is 0 Å². The number of nitrogens with zero attached hydrogens (tertiary/aromatic N) is 2. The Balaban J connectivity index is 1.71. The molecule has 4 rings (SSSR count). The fraction of sp³-hybridized carbons (Fsp3) is 0.179. The summed E-state index contributed by atoms with van der Waals surface area (Å²) in [6, 6.07) is 21.8. The van der Waals surface area contributed by atoms with E-state index < -0.39 is 0 Å². The fourth-order valence-electron chi connectivity index (χ4n) is 3.76. The van der Waals surface area contributed by atoms with E-state index in [1.54, 1.807) is 36.4 Å². The summed E-state index contributed by atoms with van der Waals surface area (Å²) in [7, 11) is 0. The van der Waals surface area contributed by atoms with Crippen LogP contribution in [0.3, 0.4) is 0 Å². The lowest BCUT2D eigenvalue weighted by Gasteiger charge is -2.22. The molecule has 1 aliphatic heterocycles. The Morgan fingerprint density at radius 3 is 1.27 bits per heavy atom. The van der Waals surface area contributed by atoms with Crippen LogP contribution in [0.4, 0.5) is 0 Å². The summed E-state index contributed by atoms with van der Waals surface area (Å²) >= 11 is 0. The van der Waals surface area contributed by atoms with E-state index in [0.717, 1.165) is 16.7 Å². The van der Waals surface area contributed by atoms with Gasteiger partial charge in [0.25, 0.3) is 11.8 Å². The van der Waals surface area contributed by atoms with Crippen molar-refractivity contribution in [2.75, 3.05) is 13.1 Å². The number of carbonyl (C=O) groups is 3. The van der Waals surface area contributed by atoms with Gasteiger partial charge in [-0.15, -0.1) is 0 Å². The van der Waals surface area contributed by atoms with Crippen LogP contribution < -0.4 is 0 Å². The van der Waals surface area contributed by atoms with Crippen LogP contribution in [-0.4, -0.2) is 40.5 Å². The molecular weight excluding hydrogens is 412 g/mol. The van der Waals surface area contributed by atoms with Gasteiger partial charge >= 0.3 is 0 Å². The van der Waals surface area contributed by atoms with Crippen LogP contribution in [0, 0.1) is 20.8 Å². The van der Waals surface area contributed by atoms with Crippen LogP contribution in [-0.2, 0) is 0 Å². The lowest BCUT2D eigenvalue weighted by molar-refractivity contribution is 0.0780. The maximum atomic E-state index is 13.3. The molecular formula is C28H26N2O3. The predicted octanol–water partition coefficient (Wildman–Crippen LogP) is 4.93. The molecule has 166 valence electrons. The maximum Gasteiger partial charge on any atom is 0.259 e. The Labute approximate surface area is 194 Å². The molecule has 1 saturated heterocycles. The number of aryl methyl sites for hydroxylation is 3. The SMILES string of the molecule is Cc1ccc(C(=O)C=C2N(C(=O)c3ccc(C)cc3)CCN2C(=O)c2ccc(C)cc2)cc1. The van der Waals surface area contributed by atoms with Crippen LogP contribution in [0.1, 0.15) is 47.8 Å². The highest BCUT2D eigenvalue weighted by molar-refractivity contribution is 6.07. The molecule has 2 amide bonds. The number of hydrogen-bond donors (Lipinski definition) is 0. The number of rotatable bonds is 4. The third kappa shape index (κ3) is 4.77. The van der Waals surface area contributed by atoms with Gasteiger partial charge in [-0.05, 0) is 45.0 Å². The van der Waals surface area contributed by atoms with Crippen LogP contribution in [0.15, 0.2) is 84.7 Å². The van der Waals surface area contributed by atoms with E-state index in [-0.39, 0.29) is 17.6 Å². The van der Waals surface area contributed by atoms with Gasteiger partial charge in [0.2, 0.25) is 0 Å². The van der Waals surface area contributed by atoms with E-state index in [0.29, 0.717) is 35.6 Å². The Bertz CT molecular complexity index is 1160. The molecule has 1 heterocycles. The number of ketones is 1. The molecule has 0 radical (unpaired) electrons. The van der Waals surface area contributed by atoms with Crippen molar-refractivity contribution in [1.82, 2.24) is 9.80 Å². The van der Waals surface area contributed by atoms with Crippen molar-refractivity contribution in [3.05, 3.63) is 118 Å². The number of benzene rings is 3. The van der Waals surface area contributed by atoms with Gasteiger partial charge in [0.1, 0.15) is 5.82 Å². The smallest absolute Gasteiger partial charge is 0.259 e.